The summed E-state index contributed by atoms with van der Waals surface area (Å²) in [7, 11) is 3.73. The summed E-state index contributed by atoms with van der Waals surface area (Å²) in [6.07, 6.45) is 2.15. The Morgan fingerprint density at radius 3 is 2.70 bits per heavy atom. The van der Waals surface area contributed by atoms with Crippen molar-refractivity contribution in [2.45, 2.75) is 25.0 Å². The predicted octanol–water partition coefficient (Wildman–Crippen LogP) is 1.16. The molecule has 1 aromatic carbocycles. The second-order valence-electron chi connectivity index (χ2n) is 5.29. The Bertz CT molecular complexity index is 431. The van der Waals surface area contributed by atoms with Crippen molar-refractivity contribution in [3.05, 3.63) is 23.8 Å². The highest BCUT2D eigenvalue weighted by atomic mass is 16.5. The number of rotatable bonds is 5. The van der Waals surface area contributed by atoms with Crippen molar-refractivity contribution in [1.82, 2.24) is 4.90 Å². The van der Waals surface area contributed by atoms with Gasteiger partial charge < -0.3 is 25.2 Å². The summed E-state index contributed by atoms with van der Waals surface area (Å²) in [6, 6.07) is 5.16. The average Bonchev–Trinajstić information content (AvgIpc) is 2.49. The van der Waals surface area contributed by atoms with E-state index in [0.29, 0.717) is 11.5 Å². The van der Waals surface area contributed by atoms with E-state index in [2.05, 4.69) is 11.9 Å². The SMILES string of the molecule is COc1cccc(C(N)CO)c1OC1CCN(C)CC1. The molecular formula is C15H24N2O3. The molecule has 20 heavy (non-hydrogen) atoms. The minimum absolute atomic E-state index is 0.114. The minimum Gasteiger partial charge on any atom is -0.493 e. The topological polar surface area (TPSA) is 68.0 Å². The van der Waals surface area contributed by atoms with E-state index in [1.165, 1.54) is 0 Å². The van der Waals surface area contributed by atoms with Crippen LogP contribution in [0.15, 0.2) is 18.2 Å². The number of para-hydroxylation sites is 1. The molecule has 0 saturated carbocycles. The molecular weight excluding hydrogens is 256 g/mol. The lowest BCUT2D eigenvalue weighted by Crippen LogP contribution is -2.36. The van der Waals surface area contributed by atoms with Crippen molar-refractivity contribution in [3.8, 4) is 11.5 Å². The van der Waals surface area contributed by atoms with Gasteiger partial charge in [0.05, 0.1) is 19.8 Å². The minimum atomic E-state index is -0.452. The first-order valence-electron chi connectivity index (χ1n) is 7.04. The average molecular weight is 280 g/mol. The van der Waals surface area contributed by atoms with Gasteiger partial charge in [-0.25, -0.2) is 0 Å². The van der Waals surface area contributed by atoms with Crippen LogP contribution in [0.5, 0.6) is 11.5 Å². The number of likely N-dealkylation sites (tertiary alicyclic amines) is 1. The molecule has 0 aromatic heterocycles. The van der Waals surface area contributed by atoms with Crippen LogP contribution in [0.2, 0.25) is 0 Å². The number of nitrogens with two attached hydrogens (primary N) is 1. The van der Waals surface area contributed by atoms with E-state index in [4.69, 9.17) is 15.2 Å². The van der Waals surface area contributed by atoms with Gasteiger partial charge in [0.15, 0.2) is 11.5 Å². The quantitative estimate of drug-likeness (QED) is 0.847. The number of aliphatic hydroxyl groups excluding tert-OH is 1. The maximum absolute atomic E-state index is 9.29. The number of piperidine rings is 1. The fourth-order valence-corrected chi connectivity index (χ4v) is 2.48. The summed E-state index contributed by atoms with van der Waals surface area (Å²) in [6.45, 7) is 1.94. The van der Waals surface area contributed by atoms with E-state index < -0.39 is 6.04 Å². The molecule has 1 aliphatic rings. The van der Waals surface area contributed by atoms with Gasteiger partial charge in [-0.1, -0.05) is 12.1 Å². The first-order valence-corrected chi connectivity index (χ1v) is 7.04. The van der Waals surface area contributed by atoms with Crippen LogP contribution in [0, 0.1) is 0 Å². The van der Waals surface area contributed by atoms with Crippen LogP contribution >= 0.6 is 0 Å². The lowest BCUT2D eigenvalue weighted by atomic mass is 10.0. The number of hydrogen-bond acceptors (Lipinski definition) is 5. The third kappa shape index (κ3) is 3.42. The number of methoxy groups -OCH3 is 1. The monoisotopic (exact) mass is 280 g/mol. The van der Waals surface area contributed by atoms with Crippen molar-refractivity contribution < 1.29 is 14.6 Å². The highest BCUT2D eigenvalue weighted by Crippen LogP contribution is 2.35. The summed E-state index contributed by atoms with van der Waals surface area (Å²) in [5.74, 6) is 1.34. The van der Waals surface area contributed by atoms with Gasteiger partial charge in [0, 0.05) is 18.7 Å². The fraction of sp³-hybridized carbons (Fsp3) is 0.600. The van der Waals surface area contributed by atoms with Crippen LogP contribution in [0.3, 0.4) is 0 Å². The zero-order valence-corrected chi connectivity index (χ0v) is 12.2. The zero-order valence-electron chi connectivity index (χ0n) is 12.2. The lowest BCUT2D eigenvalue weighted by molar-refractivity contribution is 0.109. The molecule has 1 atom stereocenters. The molecule has 1 fully saturated rings. The largest absolute Gasteiger partial charge is 0.493 e. The first kappa shape index (κ1) is 15.1. The molecule has 2 rings (SSSR count). The van der Waals surface area contributed by atoms with Crippen molar-refractivity contribution in [2.75, 3.05) is 33.9 Å². The van der Waals surface area contributed by atoms with Gasteiger partial charge in [-0.15, -0.1) is 0 Å². The van der Waals surface area contributed by atoms with Crippen LogP contribution in [-0.2, 0) is 0 Å². The van der Waals surface area contributed by atoms with E-state index >= 15 is 0 Å². The number of ether oxygens (including phenoxy) is 2. The number of hydrogen-bond donors (Lipinski definition) is 2. The maximum Gasteiger partial charge on any atom is 0.166 e. The molecule has 1 aromatic rings. The Kier molecular flexibility index (Phi) is 5.23. The molecule has 5 nitrogen and oxygen atoms in total. The lowest BCUT2D eigenvalue weighted by Gasteiger charge is -2.30. The predicted molar refractivity (Wildman–Crippen MR) is 78.2 cm³/mol. The third-order valence-electron chi connectivity index (χ3n) is 3.78. The van der Waals surface area contributed by atoms with E-state index in [-0.39, 0.29) is 12.7 Å². The third-order valence-corrected chi connectivity index (χ3v) is 3.78. The van der Waals surface area contributed by atoms with Crippen molar-refractivity contribution in [2.24, 2.45) is 5.73 Å². The summed E-state index contributed by atoms with van der Waals surface area (Å²) in [5, 5.41) is 9.29. The molecule has 112 valence electrons. The molecule has 3 N–H and O–H groups in total. The Labute approximate surface area is 120 Å². The summed E-state index contributed by atoms with van der Waals surface area (Å²) in [5.41, 5.74) is 6.75. The van der Waals surface area contributed by atoms with Crippen LogP contribution in [0.25, 0.3) is 0 Å². The van der Waals surface area contributed by atoms with Gasteiger partial charge in [0.25, 0.3) is 0 Å². The number of nitrogens with zero attached hydrogens (tertiary/aromatic N) is 1. The number of aliphatic hydroxyl groups is 1. The highest BCUT2D eigenvalue weighted by Gasteiger charge is 2.22. The van der Waals surface area contributed by atoms with Crippen LogP contribution < -0.4 is 15.2 Å². The Morgan fingerprint density at radius 2 is 2.10 bits per heavy atom. The van der Waals surface area contributed by atoms with Crippen LogP contribution in [-0.4, -0.2) is 50.0 Å². The van der Waals surface area contributed by atoms with Crippen LogP contribution in [0.4, 0.5) is 0 Å². The van der Waals surface area contributed by atoms with Gasteiger partial charge >= 0.3 is 0 Å². The van der Waals surface area contributed by atoms with Gasteiger partial charge in [-0.05, 0) is 26.0 Å². The van der Waals surface area contributed by atoms with Gasteiger partial charge in [0.2, 0.25) is 0 Å². The van der Waals surface area contributed by atoms with Crippen LogP contribution in [0.1, 0.15) is 24.4 Å². The molecule has 5 heteroatoms. The Hall–Kier alpha value is -1.30. The fourth-order valence-electron chi connectivity index (χ4n) is 2.48. The molecule has 1 heterocycles. The Morgan fingerprint density at radius 1 is 1.40 bits per heavy atom. The smallest absolute Gasteiger partial charge is 0.166 e. The molecule has 0 aliphatic carbocycles. The first-order chi connectivity index (χ1) is 9.65. The van der Waals surface area contributed by atoms with Gasteiger partial charge in [0.1, 0.15) is 6.10 Å². The summed E-state index contributed by atoms with van der Waals surface area (Å²) in [4.78, 5) is 2.29. The molecule has 0 radical (unpaired) electrons. The van der Waals surface area contributed by atoms with Crippen molar-refractivity contribution in [1.29, 1.82) is 0 Å². The molecule has 0 spiro atoms. The summed E-state index contributed by atoms with van der Waals surface area (Å²) < 4.78 is 11.5. The molecule has 0 bridgehead atoms. The molecule has 1 unspecified atom stereocenters. The Balaban J connectivity index is 2.19. The molecule has 1 aliphatic heterocycles. The van der Waals surface area contributed by atoms with Crippen molar-refractivity contribution in [3.63, 3.8) is 0 Å². The molecule has 0 amide bonds. The van der Waals surface area contributed by atoms with E-state index in [1.54, 1.807) is 7.11 Å². The van der Waals surface area contributed by atoms with E-state index in [9.17, 15) is 5.11 Å². The zero-order chi connectivity index (χ0) is 14.5. The van der Waals surface area contributed by atoms with E-state index in [1.807, 2.05) is 18.2 Å². The van der Waals surface area contributed by atoms with Gasteiger partial charge in [-0.3, -0.25) is 0 Å². The summed E-state index contributed by atoms with van der Waals surface area (Å²) >= 11 is 0. The maximum atomic E-state index is 9.29. The molecule has 1 saturated heterocycles. The standard InChI is InChI=1S/C15H24N2O3/c1-17-8-6-11(7-9-17)20-15-12(13(16)10-18)4-3-5-14(15)19-2/h3-5,11,13,18H,6-10,16H2,1-2H3. The number of benzene rings is 1. The normalized spacial score (nSPS) is 18.8. The van der Waals surface area contributed by atoms with E-state index in [0.717, 1.165) is 31.5 Å². The second kappa shape index (κ2) is 6.92. The van der Waals surface area contributed by atoms with Crippen molar-refractivity contribution >= 4 is 0 Å². The highest BCUT2D eigenvalue weighted by molar-refractivity contribution is 5.48. The van der Waals surface area contributed by atoms with Gasteiger partial charge in [-0.2, -0.15) is 0 Å². The second-order valence-corrected chi connectivity index (χ2v) is 5.29.